The minimum atomic E-state index is -1.09. The number of aliphatic carboxylic acids is 1. The van der Waals surface area contributed by atoms with Crippen LogP contribution < -0.4 is 10.1 Å². The van der Waals surface area contributed by atoms with E-state index < -0.39 is 18.5 Å². The van der Waals surface area contributed by atoms with Crippen LogP contribution in [-0.4, -0.2) is 47.2 Å². The second kappa shape index (κ2) is 7.00. The molecule has 2 amide bonds. The molecule has 0 bridgehead atoms. The molecule has 102 valence electrons. The van der Waals surface area contributed by atoms with E-state index in [1.54, 1.807) is 12.1 Å². The third kappa shape index (κ3) is 4.66. The summed E-state index contributed by atoms with van der Waals surface area (Å²) in [6.07, 6.45) is 2.87. The third-order valence-corrected chi connectivity index (χ3v) is 2.16. The number of carbonyl (C=O) groups is 2. The summed E-state index contributed by atoms with van der Waals surface area (Å²) < 4.78 is 4.89. The topological polar surface area (TPSA) is 91.8 Å². The van der Waals surface area contributed by atoms with Crippen LogP contribution in [-0.2, 0) is 4.79 Å². The van der Waals surface area contributed by atoms with Gasteiger partial charge in [0.25, 0.3) is 0 Å². The number of hydrogen-bond acceptors (Lipinski definition) is 4. The lowest BCUT2D eigenvalue weighted by atomic mass is 10.4. The van der Waals surface area contributed by atoms with Crippen LogP contribution in [0.2, 0.25) is 0 Å². The van der Waals surface area contributed by atoms with E-state index in [0.29, 0.717) is 11.6 Å². The minimum absolute atomic E-state index is 0.141. The first-order valence-corrected chi connectivity index (χ1v) is 5.45. The highest BCUT2D eigenvalue weighted by molar-refractivity contribution is 5.91. The Bertz CT molecular complexity index is 459. The number of nitrogens with zero attached hydrogens (tertiary/aromatic N) is 2. The summed E-state index contributed by atoms with van der Waals surface area (Å²) in [7, 11) is 1.49. The first-order valence-electron chi connectivity index (χ1n) is 5.45. The molecule has 0 aliphatic carbocycles. The van der Waals surface area contributed by atoms with Gasteiger partial charge in [-0.1, -0.05) is 6.08 Å². The molecule has 0 atom stereocenters. The van der Waals surface area contributed by atoms with Crippen molar-refractivity contribution in [2.24, 2.45) is 0 Å². The highest BCUT2D eigenvalue weighted by Crippen LogP contribution is 2.11. The molecular formula is C12H15N3O4. The van der Waals surface area contributed by atoms with E-state index in [1.807, 2.05) is 0 Å². The van der Waals surface area contributed by atoms with Gasteiger partial charge in [-0.3, -0.25) is 4.79 Å². The zero-order valence-electron chi connectivity index (χ0n) is 10.5. The summed E-state index contributed by atoms with van der Waals surface area (Å²) in [6.45, 7) is 3.22. The second-order valence-electron chi connectivity index (χ2n) is 3.58. The molecule has 19 heavy (non-hydrogen) atoms. The molecule has 0 aromatic carbocycles. The van der Waals surface area contributed by atoms with E-state index in [9.17, 15) is 9.59 Å². The van der Waals surface area contributed by atoms with Gasteiger partial charge in [-0.15, -0.1) is 6.58 Å². The summed E-state index contributed by atoms with van der Waals surface area (Å²) in [5.74, 6) is -0.670. The molecule has 1 aromatic rings. The summed E-state index contributed by atoms with van der Waals surface area (Å²) in [5, 5.41) is 11.3. The molecule has 0 unspecified atom stereocenters. The lowest BCUT2D eigenvalue weighted by Crippen LogP contribution is -2.38. The minimum Gasteiger partial charge on any atom is -0.481 e. The van der Waals surface area contributed by atoms with Gasteiger partial charge < -0.3 is 20.1 Å². The molecule has 0 saturated heterocycles. The summed E-state index contributed by atoms with van der Waals surface area (Å²) in [4.78, 5) is 27.5. The van der Waals surface area contributed by atoms with Crippen molar-refractivity contribution in [3.63, 3.8) is 0 Å². The molecule has 1 rings (SSSR count). The molecule has 0 fully saturated rings. The number of nitrogens with one attached hydrogen (secondary N) is 1. The van der Waals surface area contributed by atoms with Gasteiger partial charge >= 0.3 is 12.0 Å². The quantitative estimate of drug-likeness (QED) is 0.754. The zero-order valence-corrected chi connectivity index (χ0v) is 10.5. The fourth-order valence-corrected chi connectivity index (χ4v) is 1.32. The van der Waals surface area contributed by atoms with Crippen LogP contribution in [0, 0.1) is 0 Å². The first-order chi connectivity index (χ1) is 9.06. The van der Waals surface area contributed by atoms with Crippen LogP contribution >= 0.6 is 0 Å². The lowest BCUT2D eigenvalue weighted by Gasteiger charge is -2.19. The molecule has 7 heteroatoms. The maximum absolute atomic E-state index is 11.8. The summed E-state index contributed by atoms with van der Waals surface area (Å²) in [5.41, 5.74) is 0.449. The van der Waals surface area contributed by atoms with Crippen molar-refractivity contribution >= 4 is 17.7 Å². The number of carbonyl (C=O) groups excluding carboxylic acids is 1. The first kappa shape index (κ1) is 14.5. The van der Waals surface area contributed by atoms with Crippen molar-refractivity contribution in [1.82, 2.24) is 9.88 Å². The third-order valence-electron chi connectivity index (χ3n) is 2.16. The molecule has 1 aromatic heterocycles. The van der Waals surface area contributed by atoms with Crippen LogP contribution in [0.15, 0.2) is 31.0 Å². The van der Waals surface area contributed by atoms with Crippen molar-refractivity contribution in [3.8, 4) is 5.88 Å². The van der Waals surface area contributed by atoms with Gasteiger partial charge in [-0.05, 0) is 6.07 Å². The van der Waals surface area contributed by atoms with Gasteiger partial charge in [-0.25, -0.2) is 9.78 Å². The number of aromatic nitrogens is 1. The van der Waals surface area contributed by atoms with Crippen LogP contribution in [0.4, 0.5) is 10.5 Å². The van der Waals surface area contributed by atoms with Crippen molar-refractivity contribution in [2.45, 2.75) is 0 Å². The van der Waals surface area contributed by atoms with Crippen molar-refractivity contribution in [3.05, 3.63) is 31.0 Å². The van der Waals surface area contributed by atoms with E-state index in [2.05, 4.69) is 16.9 Å². The van der Waals surface area contributed by atoms with Crippen LogP contribution in [0.25, 0.3) is 0 Å². The standard InChI is InChI=1S/C12H15N3O4/c1-3-6-15(8-11(16)17)12(18)14-9-4-5-10(19-2)13-7-9/h3-5,7H,1,6,8H2,2H3,(H,14,18)(H,16,17). The number of carboxylic acid groups (broad SMARTS) is 1. The largest absolute Gasteiger partial charge is 0.481 e. The van der Waals surface area contributed by atoms with E-state index >= 15 is 0 Å². The highest BCUT2D eigenvalue weighted by Gasteiger charge is 2.15. The van der Waals surface area contributed by atoms with Gasteiger partial charge in [0.15, 0.2) is 0 Å². The number of urea groups is 1. The maximum atomic E-state index is 11.8. The summed E-state index contributed by atoms with van der Waals surface area (Å²) in [6, 6.07) is 2.66. The molecule has 0 spiro atoms. The number of ether oxygens (including phenoxy) is 1. The van der Waals surface area contributed by atoms with Gasteiger partial charge in [0.2, 0.25) is 5.88 Å². The highest BCUT2D eigenvalue weighted by atomic mass is 16.5. The van der Waals surface area contributed by atoms with E-state index in [0.717, 1.165) is 4.90 Å². The SMILES string of the molecule is C=CCN(CC(=O)O)C(=O)Nc1ccc(OC)nc1. The molecule has 0 aliphatic heterocycles. The number of carboxylic acids is 1. The maximum Gasteiger partial charge on any atom is 0.323 e. The fourth-order valence-electron chi connectivity index (χ4n) is 1.32. The van der Waals surface area contributed by atoms with Gasteiger partial charge in [0.05, 0.1) is 19.0 Å². The fraction of sp³-hybridized carbons (Fsp3) is 0.250. The van der Waals surface area contributed by atoms with Crippen LogP contribution in [0.3, 0.4) is 0 Å². The van der Waals surface area contributed by atoms with Crippen molar-refractivity contribution in [1.29, 1.82) is 0 Å². The average molecular weight is 265 g/mol. The second-order valence-corrected chi connectivity index (χ2v) is 3.58. The molecule has 0 radical (unpaired) electrons. The zero-order chi connectivity index (χ0) is 14.3. The van der Waals surface area contributed by atoms with Gasteiger partial charge in [0, 0.05) is 12.6 Å². The van der Waals surface area contributed by atoms with Crippen molar-refractivity contribution in [2.75, 3.05) is 25.5 Å². The van der Waals surface area contributed by atoms with E-state index in [1.165, 1.54) is 19.4 Å². The number of anilines is 1. The Balaban J connectivity index is 2.68. The number of rotatable bonds is 6. The van der Waals surface area contributed by atoms with Crippen LogP contribution in [0.5, 0.6) is 5.88 Å². The normalized spacial score (nSPS) is 9.53. The molecule has 2 N–H and O–H groups in total. The predicted molar refractivity (Wildman–Crippen MR) is 69.2 cm³/mol. The Morgan fingerprint density at radius 3 is 2.79 bits per heavy atom. The average Bonchev–Trinajstić information content (AvgIpc) is 2.38. The number of methoxy groups -OCH3 is 1. The number of pyridine rings is 1. The van der Waals surface area contributed by atoms with E-state index in [4.69, 9.17) is 9.84 Å². The summed E-state index contributed by atoms with van der Waals surface area (Å²) >= 11 is 0. The Hall–Kier alpha value is -2.57. The van der Waals surface area contributed by atoms with Crippen LogP contribution in [0.1, 0.15) is 0 Å². The lowest BCUT2D eigenvalue weighted by molar-refractivity contribution is -0.137. The van der Waals surface area contributed by atoms with Crippen molar-refractivity contribution < 1.29 is 19.4 Å². The van der Waals surface area contributed by atoms with Gasteiger partial charge in [0.1, 0.15) is 6.54 Å². The number of hydrogen-bond donors (Lipinski definition) is 2. The smallest absolute Gasteiger partial charge is 0.323 e. The molecule has 7 nitrogen and oxygen atoms in total. The predicted octanol–water partition coefficient (Wildman–Crippen LogP) is 1.19. The Morgan fingerprint density at radius 2 is 2.32 bits per heavy atom. The van der Waals surface area contributed by atoms with E-state index in [-0.39, 0.29) is 6.54 Å². The Morgan fingerprint density at radius 1 is 1.58 bits per heavy atom. The Labute approximate surface area is 110 Å². The monoisotopic (exact) mass is 265 g/mol. The molecular weight excluding hydrogens is 250 g/mol. The van der Waals surface area contributed by atoms with Gasteiger partial charge in [-0.2, -0.15) is 0 Å². The Kier molecular flexibility index (Phi) is 5.34. The molecule has 0 aliphatic rings. The molecule has 1 heterocycles. The molecule has 0 saturated carbocycles. The number of amides is 2.